The van der Waals surface area contributed by atoms with Gasteiger partial charge in [-0.3, -0.25) is 4.79 Å². The van der Waals surface area contributed by atoms with Gasteiger partial charge in [0.05, 0.1) is 25.7 Å². The van der Waals surface area contributed by atoms with Crippen molar-refractivity contribution in [3.63, 3.8) is 0 Å². The minimum atomic E-state index is -1.15. The first-order valence-electron chi connectivity index (χ1n) is 23.5. The fraction of sp³-hybridized carbons (Fsp3) is 0.792. The van der Waals surface area contributed by atoms with Crippen LogP contribution in [0.15, 0.2) is 36.7 Å². The molecule has 11 nitrogen and oxygen atoms in total. The van der Waals surface area contributed by atoms with Gasteiger partial charge in [0.1, 0.15) is 25.6 Å². The highest BCUT2D eigenvalue weighted by Gasteiger charge is 2.25. The Morgan fingerprint density at radius 3 is 1.73 bits per heavy atom. The van der Waals surface area contributed by atoms with Crippen LogP contribution in [0.5, 0.6) is 0 Å². The van der Waals surface area contributed by atoms with Gasteiger partial charge in [-0.2, -0.15) is 0 Å². The monoisotopic (exact) mass is 833 g/mol. The topological polar surface area (TPSA) is 124 Å². The predicted octanol–water partition coefficient (Wildman–Crippen LogP) is 12.3. The first-order valence-corrected chi connectivity index (χ1v) is 23.5. The number of carbonyl (C=O) groups is 3. The van der Waals surface area contributed by atoms with Crippen molar-refractivity contribution in [2.75, 3.05) is 39.6 Å². The molecule has 0 fully saturated rings. The third kappa shape index (κ3) is 33.3. The van der Waals surface area contributed by atoms with E-state index in [1.54, 1.807) is 6.20 Å². The Balaban J connectivity index is 2.58. The van der Waals surface area contributed by atoms with Gasteiger partial charge in [-0.1, -0.05) is 141 Å². The quantitative estimate of drug-likeness (QED) is 0.0207. The van der Waals surface area contributed by atoms with Crippen molar-refractivity contribution in [1.82, 2.24) is 9.55 Å². The molecule has 340 valence electrons. The molecule has 0 aromatic carbocycles. The van der Waals surface area contributed by atoms with Crippen molar-refractivity contribution in [2.24, 2.45) is 5.92 Å². The minimum absolute atomic E-state index is 0.0680. The molecule has 0 spiro atoms. The first kappa shape index (κ1) is 53.8. The lowest BCUT2D eigenvalue weighted by molar-refractivity contribution is -0.197. The van der Waals surface area contributed by atoms with E-state index in [0.29, 0.717) is 32.6 Å². The number of hydrogen-bond donors (Lipinski definition) is 0. The molecule has 0 aliphatic heterocycles. The van der Waals surface area contributed by atoms with Crippen molar-refractivity contribution >= 4 is 18.1 Å². The Bertz CT molecular complexity index is 1180. The van der Waals surface area contributed by atoms with Gasteiger partial charge in [0.25, 0.3) is 6.29 Å². The average molecular weight is 833 g/mol. The zero-order valence-electron chi connectivity index (χ0n) is 37.8. The molecule has 1 rings (SSSR count). The number of rotatable bonds is 41. The van der Waals surface area contributed by atoms with Gasteiger partial charge in [0.2, 0.25) is 0 Å². The Labute approximate surface area is 358 Å². The second-order valence-corrected chi connectivity index (χ2v) is 15.7. The van der Waals surface area contributed by atoms with Gasteiger partial charge < -0.3 is 33.0 Å². The number of unbranched alkanes of at least 4 members (excludes halogenated alkanes) is 18. The summed E-state index contributed by atoms with van der Waals surface area (Å²) in [5.41, 5.74) is 0. The third-order valence-electron chi connectivity index (χ3n) is 10.1. The number of aryl methyl sites for hydroxylation is 2. The summed E-state index contributed by atoms with van der Waals surface area (Å²) in [5.74, 6) is -0.670. The summed E-state index contributed by atoms with van der Waals surface area (Å²) in [6.07, 6.45) is 36.9. The van der Waals surface area contributed by atoms with Crippen molar-refractivity contribution in [3.8, 4) is 0 Å². The van der Waals surface area contributed by atoms with E-state index in [1.165, 1.54) is 64.2 Å². The van der Waals surface area contributed by atoms with E-state index in [4.69, 9.17) is 28.4 Å². The van der Waals surface area contributed by atoms with Gasteiger partial charge in [-0.05, 0) is 64.7 Å². The van der Waals surface area contributed by atoms with Crippen LogP contribution in [-0.4, -0.2) is 73.6 Å². The van der Waals surface area contributed by atoms with Crippen LogP contribution in [0.1, 0.15) is 187 Å². The lowest BCUT2D eigenvalue weighted by atomic mass is 10.1. The molecule has 59 heavy (non-hydrogen) atoms. The van der Waals surface area contributed by atoms with Crippen LogP contribution in [0.4, 0.5) is 4.79 Å². The molecule has 0 saturated carbocycles. The zero-order chi connectivity index (χ0) is 42.9. The van der Waals surface area contributed by atoms with Gasteiger partial charge in [-0.25, -0.2) is 14.6 Å². The van der Waals surface area contributed by atoms with Crippen LogP contribution < -0.4 is 0 Å². The maximum absolute atomic E-state index is 13.3. The van der Waals surface area contributed by atoms with Crippen molar-refractivity contribution in [2.45, 2.75) is 201 Å². The molecule has 0 aliphatic rings. The van der Waals surface area contributed by atoms with Gasteiger partial charge >= 0.3 is 18.1 Å². The maximum Gasteiger partial charge on any atom is 0.508 e. The van der Waals surface area contributed by atoms with Gasteiger partial charge in [0.15, 0.2) is 0 Å². The summed E-state index contributed by atoms with van der Waals surface area (Å²) >= 11 is 0. The third-order valence-corrected chi connectivity index (χ3v) is 10.1. The van der Waals surface area contributed by atoms with E-state index in [-0.39, 0.29) is 32.4 Å². The molecule has 0 aliphatic carbocycles. The van der Waals surface area contributed by atoms with Crippen LogP contribution in [0.25, 0.3) is 0 Å². The molecule has 0 N–H and O–H groups in total. The molecule has 11 heteroatoms. The van der Waals surface area contributed by atoms with E-state index in [9.17, 15) is 14.4 Å². The Hall–Kier alpha value is -3.18. The lowest BCUT2D eigenvalue weighted by Crippen LogP contribution is -2.33. The van der Waals surface area contributed by atoms with Crippen LogP contribution >= 0.6 is 0 Å². The van der Waals surface area contributed by atoms with Crippen LogP contribution in [0.3, 0.4) is 0 Å². The van der Waals surface area contributed by atoms with Crippen LogP contribution in [-0.2, 0) is 44.6 Å². The number of hydrogen-bond acceptors (Lipinski definition) is 10. The molecule has 0 saturated heterocycles. The normalized spacial score (nSPS) is 12.2. The Morgan fingerprint density at radius 2 is 1.12 bits per heavy atom. The van der Waals surface area contributed by atoms with E-state index < -0.39 is 24.3 Å². The van der Waals surface area contributed by atoms with Crippen molar-refractivity contribution in [1.29, 1.82) is 0 Å². The summed E-state index contributed by atoms with van der Waals surface area (Å²) in [6, 6.07) is 0. The van der Waals surface area contributed by atoms with Gasteiger partial charge in [-0.15, -0.1) is 0 Å². The number of aromatic nitrogens is 2. The molecular weight excluding hydrogens is 749 g/mol. The predicted molar refractivity (Wildman–Crippen MR) is 236 cm³/mol. The van der Waals surface area contributed by atoms with Crippen molar-refractivity contribution in [3.05, 3.63) is 42.5 Å². The molecule has 0 bridgehead atoms. The summed E-state index contributed by atoms with van der Waals surface area (Å²) in [4.78, 5) is 42.6. The van der Waals surface area contributed by atoms with Crippen LogP contribution in [0.2, 0.25) is 0 Å². The molecule has 1 aromatic heterocycles. The van der Waals surface area contributed by atoms with Gasteiger partial charge in [0, 0.05) is 25.4 Å². The number of imidazole rings is 1. The Morgan fingerprint density at radius 1 is 0.593 bits per heavy atom. The zero-order valence-corrected chi connectivity index (χ0v) is 37.8. The highest BCUT2D eigenvalue weighted by Crippen LogP contribution is 2.13. The fourth-order valence-corrected chi connectivity index (χ4v) is 6.36. The highest BCUT2D eigenvalue weighted by molar-refractivity contribution is 5.73. The molecule has 1 atom stereocenters. The standard InChI is InChI=1S/C48H84N2O9/c1-5-8-11-14-17-18-19-20-21-22-23-24-25-26-29-33-45(51)57-40-44(42-59-48(53)56-39-32-35-50-36-34-49-43(50)4)41-58-46(52)47(54-37-30-27-15-12-9-6-2)55-38-31-28-16-13-10-7-3/h17-18,20-21,34,36,44,47H,5-16,19,22-33,35,37-42H2,1-4H3/b18-17-,21-20-. The molecule has 1 aromatic rings. The lowest BCUT2D eigenvalue weighted by Gasteiger charge is -2.21. The number of carbonyl (C=O) groups excluding carboxylic acids is 3. The van der Waals surface area contributed by atoms with E-state index in [2.05, 4.69) is 50.1 Å². The molecule has 0 radical (unpaired) electrons. The molecule has 1 heterocycles. The SMILES string of the molecule is CCCCC/C=C\C/C=C\CCCCCCCC(=O)OCC(COC(=O)OCCCn1ccnc1C)COC(=O)C(OCCCCCCCC)OCCCCCCCC. The number of allylic oxidation sites excluding steroid dienone is 4. The fourth-order valence-electron chi connectivity index (χ4n) is 6.36. The second-order valence-electron chi connectivity index (χ2n) is 15.7. The molecule has 1 unspecified atom stereocenters. The van der Waals surface area contributed by atoms with E-state index in [1.807, 2.05) is 17.7 Å². The second kappa shape index (κ2) is 40.2. The summed E-state index contributed by atoms with van der Waals surface area (Å²) in [6.45, 7) is 9.80. The van der Waals surface area contributed by atoms with Crippen molar-refractivity contribution < 1.29 is 42.8 Å². The smallest absolute Gasteiger partial charge is 0.465 e. The van der Waals surface area contributed by atoms with E-state index >= 15 is 0 Å². The summed E-state index contributed by atoms with van der Waals surface area (Å²) < 4.78 is 35.7. The number of esters is 2. The minimum Gasteiger partial charge on any atom is -0.465 e. The van der Waals surface area contributed by atoms with E-state index in [0.717, 1.165) is 89.3 Å². The largest absolute Gasteiger partial charge is 0.508 e. The molecule has 0 amide bonds. The maximum atomic E-state index is 13.3. The number of nitrogens with zero attached hydrogens (tertiary/aromatic N) is 2. The first-order chi connectivity index (χ1) is 28.9. The summed E-state index contributed by atoms with van der Waals surface area (Å²) in [5, 5.41) is 0. The van der Waals surface area contributed by atoms with Crippen LogP contribution in [0, 0.1) is 12.8 Å². The highest BCUT2D eigenvalue weighted by atomic mass is 16.7. The number of ether oxygens (including phenoxy) is 6. The average Bonchev–Trinajstić information content (AvgIpc) is 3.65. The summed E-state index contributed by atoms with van der Waals surface area (Å²) in [7, 11) is 0. The molecular formula is C48H84N2O9. The Kier molecular flexibility index (Phi) is 36.7.